The van der Waals surface area contributed by atoms with Gasteiger partial charge in [0.05, 0.1) is 10.6 Å². The Morgan fingerprint density at radius 1 is 1.26 bits per heavy atom. The van der Waals surface area contributed by atoms with Crippen molar-refractivity contribution in [3.63, 3.8) is 0 Å². The molecular weight excluding hydrogens is 271 g/mol. The molecule has 0 aromatic heterocycles. The highest BCUT2D eigenvalue weighted by Crippen LogP contribution is 2.28. The fraction of sp³-hybridized carbons (Fsp3) is 0.0714. The van der Waals surface area contributed by atoms with E-state index in [0.29, 0.717) is 17.1 Å². The number of carbonyl (C=O) groups is 1. The van der Waals surface area contributed by atoms with E-state index in [1.807, 2.05) is 0 Å². The minimum atomic E-state index is -1.00. The minimum Gasteiger partial charge on any atom is -0.478 e. The lowest BCUT2D eigenvalue weighted by Crippen LogP contribution is -1.97. The molecule has 2 aromatic carbocycles. The summed E-state index contributed by atoms with van der Waals surface area (Å²) in [6.45, 7) is 1.73. The van der Waals surface area contributed by atoms with Crippen LogP contribution in [0.1, 0.15) is 15.9 Å². The molecule has 0 heterocycles. The molecule has 3 nitrogen and oxygen atoms in total. The summed E-state index contributed by atoms with van der Waals surface area (Å²) in [6.07, 6.45) is 0. The number of aromatic carboxylic acids is 1. The Morgan fingerprint density at radius 3 is 2.58 bits per heavy atom. The van der Waals surface area contributed by atoms with Crippen molar-refractivity contribution in [1.82, 2.24) is 0 Å². The number of hydrogen-bond donors (Lipinski definition) is 1. The standard InChI is InChI=1S/C14H10ClFO3/c1-8-6-9(14(17)18)2-5-13(8)19-10-3-4-12(16)11(15)7-10/h2-7H,1H3,(H,17,18). The van der Waals surface area contributed by atoms with E-state index in [1.54, 1.807) is 13.0 Å². The van der Waals surface area contributed by atoms with Gasteiger partial charge in [-0.2, -0.15) is 0 Å². The van der Waals surface area contributed by atoms with Crippen molar-refractivity contribution >= 4 is 17.6 Å². The summed E-state index contributed by atoms with van der Waals surface area (Å²) in [5.74, 6) is -0.642. The second kappa shape index (κ2) is 5.28. The van der Waals surface area contributed by atoms with Crippen LogP contribution in [-0.2, 0) is 0 Å². The van der Waals surface area contributed by atoms with Crippen LogP contribution in [0.4, 0.5) is 4.39 Å². The number of carboxylic acids is 1. The molecule has 19 heavy (non-hydrogen) atoms. The zero-order valence-electron chi connectivity index (χ0n) is 9.98. The third-order valence-electron chi connectivity index (χ3n) is 2.54. The Balaban J connectivity index is 2.28. The molecule has 0 unspecified atom stereocenters. The van der Waals surface area contributed by atoms with Crippen LogP contribution < -0.4 is 4.74 Å². The third-order valence-corrected chi connectivity index (χ3v) is 2.83. The van der Waals surface area contributed by atoms with Crippen LogP contribution >= 0.6 is 11.6 Å². The molecule has 2 aromatic rings. The molecule has 0 atom stereocenters. The number of ether oxygens (including phenoxy) is 1. The van der Waals surface area contributed by atoms with E-state index in [-0.39, 0.29) is 10.6 Å². The van der Waals surface area contributed by atoms with Gasteiger partial charge < -0.3 is 9.84 Å². The Hall–Kier alpha value is -2.07. The monoisotopic (exact) mass is 280 g/mol. The van der Waals surface area contributed by atoms with Crippen LogP contribution in [-0.4, -0.2) is 11.1 Å². The van der Waals surface area contributed by atoms with Gasteiger partial charge in [-0.1, -0.05) is 11.6 Å². The Bertz CT molecular complexity index is 641. The maximum atomic E-state index is 13.0. The van der Waals surface area contributed by atoms with Gasteiger partial charge in [0, 0.05) is 6.07 Å². The first-order chi connectivity index (χ1) is 8.97. The van der Waals surface area contributed by atoms with Crippen molar-refractivity contribution in [2.75, 3.05) is 0 Å². The molecule has 0 radical (unpaired) electrons. The lowest BCUT2D eigenvalue weighted by Gasteiger charge is -2.09. The van der Waals surface area contributed by atoms with Crippen LogP contribution in [0.25, 0.3) is 0 Å². The van der Waals surface area contributed by atoms with Crippen LogP contribution in [0, 0.1) is 12.7 Å². The van der Waals surface area contributed by atoms with Crippen molar-refractivity contribution in [2.45, 2.75) is 6.92 Å². The summed E-state index contributed by atoms with van der Waals surface area (Å²) in [4.78, 5) is 10.8. The van der Waals surface area contributed by atoms with Gasteiger partial charge in [0.1, 0.15) is 17.3 Å². The van der Waals surface area contributed by atoms with E-state index < -0.39 is 11.8 Å². The van der Waals surface area contributed by atoms with Gasteiger partial charge in [0.15, 0.2) is 0 Å². The maximum Gasteiger partial charge on any atom is 0.335 e. The van der Waals surface area contributed by atoms with E-state index in [1.165, 1.54) is 30.3 Å². The van der Waals surface area contributed by atoms with Crippen LogP contribution in [0.2, 0.25) is 5.02 Å². The van der Waals surface area contributed by atoms with Gasteiger partial charge in [-0.25, -0.2) is 9.18 Å². The highest BCUT2D eigenvalue weighted by atomic mass is 35.5. The fourth-order valence-corrected chi connectivity index (χ4v) is 1.73. The van der Waals surface area contributed by atoms with E-state index in [0.717, 1.165) is 0 Å². The van der Waals surface area contributed by atoms with Crippen LogP contribution in [0.15, 0.2) is 36.4 Å². The van der Waals surface area contributed by atoms with Crippen LogP contribution in [0.5, 0.6) is 11.5 Å². The minimum absolute atomic E-state index is 0.0303. The summed E-state index contributed by atoms with van der Waals surface area (Å²) in [7, 11) is 0. The summed E-state index contributed by atoms with van der Waals surface area (Å²) in [6, 6.07) is 8.51. The molecule has 0 bridgehead atoms. The van der Waals surface area contributed by atoms with Gasteiger partial charge in [0.25, 0.3) is 0 Å². The van der Waals surface area contributed by atoms with Gasteiger partial charge in [-0.15, -0.1) is 0 Å². The number of benzene rings is 2. The van der Waals surface area contributed by atoms with Gasteiger partial charge >= 0.3 is 5.97 Å². The number of hydrogen-bond acceptors (Lipinski definition) is 2. The first kappa shape index (κ1) is 13.4. The van der Waals surface area contributed by atoms with E-state index in [9.17, 15) is 9.18 Å². The van der Waals surface area contributed by atoms with Gasteiger partial charge in [-0.3, -0.25) is 0 Å². The van der Waals surface area contributed by atoms with Crippen molar-refractivity contribution in [1.29, 1.82) is 0 Å². The first-order valence-electron chi connectivity index (χ1n) is 5.44. The summed E-state index contributed by atoms with van der Waals surface area (Å²) in [5.41, 5.74) is 0.849. The quantitative estimate of drug-likeness (QED) is 0.913. The highest BCUT2D eigenvalue weighted by molar-refractivity contribution is 6.30. The maximum absolute atomic E-state index is 13.0. The molecule has 98 valence electrons. The number of carboxylic acid groups (broad SMARTS) is 1. The predicted molar refractivity (Wildman–Crippen MR) is 69.6 cm³/mol. The first-order valence-corrected chi connectivity index (χ1v) is 5.82. The lowest BCUT2D eigenvalue weighted by molar-refractivity contribution is 0.0697. The Labute approximate surface area is 114 Å². The molecule has 0 aliphatic heterocycles. The molecule has 1 N–H and O–H groups in total. The predicted octanol–water partition coefficient (Wildman–Crippen LogP) is 4.28. The second-order valence-corrected chi connectivity index (χ2v) is 4.37. The van der Waals surface area contributed by atoms with Gasteiger partial charge in [0.2, 0.25) is 0 Å². The number of halogens is 2. The smallest absolute Gasteiger partial charge is 0.335 e. The molecule has 0 amide bonds. The molecule has 0 saturated carbocycles. The third kappa shape index (κ3) is 3.03. The molecular formula is C14H10ClFO3. The average Bonchev–Trinajstić information content (AvgIpc) is 2.36. The average molecular weight is 281 g/mol. The lowest BCUT2D eigenvalue weighted by atomic mass is 10.1. The SMILES string of the molecule is Cc1cc(C(=O)O)ccc1Oc1ccc(F)c(Cl)c1. The summed E-state index contributed by atoms with van der Waals surface area (Å²) < 4.78 is 18.5. The van der Waals surface area contributed by atoms with E-state index >= 15 is 0 Å². The molecule has 0 aliphatic rings. The largest absolute Gasteiger partial charge is 0.478 e. The molecule has 0 fully saturated rings. The van der Waals surface area contributed by atoms with E-state index in [4.69, 9.17) is 21.4 Å². The molecule has 0 saturated heterocycles. The molecule has 2 rings (SSSR count). The summed E-state index contributed by atoms with van der Waals surface area (Å²) in [5, 5.41) is 8.83. The van der Waals surface area contributed by atoms with Crippen molar-refractivity contribution in [3.05, 3.63) is 58.4 Å². The normalized spacial score (nSPS) is 10.3. The van der Waals surface area contributed by atoms with E-state index in [2.05, 4.69) is 0 Å². The fourth-order valence-electron chi connectivity index (χ4n) is 1.56. The van der Waals surface area contributed by atoms with Gasteiger partial charge in [-0.05, 0) is 42.8 Å². The summed E-state index contributed by atoms with van der Waals surface area (Å²) >= 11 is 5.65. The van der Waals surface area contributed by atoms with Crippen LogP contribution in [0.3, 0.4) is 0 Å². The topological polar surface area (TPSA) is 46.5 Å². The number of rotatable bonds is 3. The highest BCUT2D eigenvalue weighted by Gasteiger charge is 2.08. The number of aryl methyl sites for hydroxylation is 1. The Kier molecular flexibility index (Phi) is 3.71. The van der Waals surface area contributed by atoms with Crippen molar-refractivity contribution < 1.29 is 19.0 Å². The Morgan fingerprint density at radius 2 is 2.00 bits per heavy atom. The molecule has 0 aliphatic carbocycles. The zero-order chi connectivity index (χ0) is 14.0. The second-order valence-electron chi connectivity index (χ2n) is 3.96. The van der Waals surface area contributed by atoms with Crippen molar-refractivity contribution in [3.8, 4) is 11.5 Å². The molecule has 0 spiro atoms. The van der Waals surface area contributed by atoms with Crippen molar-refractivity contribution in [2.24, 2.45) is 0 Å². The molecule has 5 heteroatoms. The zero-order valence-corrected chi connectivity index (χ0v) is 10.7.